The first-order chi connectivity index (χ1) is 9.63. The van der Waals surface area contributed by atoms with Crippen LogP contribution >= 0.6 is 0 Å². The highest BCUT2D eigenvalue weighted by atomic mass is 19.1. The first-order valence-corrected chi connectivity index (χ1v) is 6.25. The Morgan fingerprint density at radius 1 is 1.10 bits per heavy atom. The molecule has 0 fully saturated rings. The number of nitrogens with two attached hydrogens (primary N) is 1. The molecule has 20 heavy (non-hydrogen) atoms. The standard InChI is InChI=1S/C15H13F2N3/c16-11-5-10(6-12(17)7-11)13(18)8-20-9-19-14-3-1-2-4-15(14)20/h1-7,9,13H,8,18H2. The zero-order chi connectivity index (χ0) is 14.1. The highest BCUT2D eigenvalue weighted by Gasteiger charge is 2.11. The summed E-state index contributed by atoms with van der Waals surface area (Å²) in [6.45, 7) is 0.406. The van der Waals surface area contributed by atoms with Crippen molar-refractivity contribution in [2.75, 3.05) is 0 Å². The van der Waals surface area contributed by atoms with Crippen LogP contribution in [0.15, 0.2) is 48.8 Å². The first-order valence-electron chi connectivity index (χ1n) is 6.25. The van der Waals surface area contributed by atoms with Crippen molar-refractivity contribution in [3.63, 3.8) is 0 Å². The van der Waals surface area contributed by atoms with E-state index >= 15 is 0 Å². The van der Waals surface area contributed by atoms with Gasteiger partial charge in [-0.25, -0.2) is 13.8 Å². The Morgan fingerprint density at radius 2 is 1.80 bits per heavy atom. The van der Waals surface area contributed by atoms with E-state index in [2.05, 4.69) is 4.98 Å². The zero-order valence-electron chi connectivity index (χ0n) is 10.6. The van der Waals surface area contributed by atoms with Gasteiger partial charge in [0, 0.05) is 18.7 Å². The number of fused-ring (bicyclic) bond motifs is 1. The molecule has 1 heterocycles. The molecule has 1 aromatic heterocycles. The van der Waals surface area contributed by atoms with Crippen LogP contribution in [0.4, 0.5) is 8.78 Å². The average Bonchev–Trinajstić information content (AvgIpc) is 2.81. The molecular formula is C15H13F2N3. The lowest BCUT2D eigenvalue weighted by Crippen LogP contribution is -2.17. The van der Waals surface area contributed by atoms with Crippen LogP contribution < -0.4 is 5.73 Å². The molecule has 0 aliphatic heterocycles. The van der Waals surface area contributed by atoms with Crippen molar-refractivity contribution in [1.29, 1.82) is 0 Å². The fourth-order valence-electron chi connectivity index (χ4n) is 2.26. The smallest absolute Gasteiger partial charge is 0.126 e. The lowest BCUT2D eigenvalue weighted by atomic mass is 10.1. The minimum absolute atomic E-state index is 0.406. The molecule has 102 valence electrons. The maximum absolute atomic E-state index is 13.2. The number of aromatic nitrogens is 2. The molecule has 0 saturated carbocycles. The van der Waals surface area contributed by atoms with E-state index in [1.54, 1.807) is 6.33 Å². The van der Waals surface area contributed by atoms with E-state index in [0.29, 0.717) is 12.1 Å². The predicted molar refractivity (Wildman–Crippen MR) is 73.0 cm³/mol. The quantitative estimate of drug-likeness (QED) is 0.797. The number of imidazole rings is 1. The Kier molecular flexibility index (Phi) is 3.20. The topological polar surface area (TPSA) is 43.8 Å². The summed E-state index contributed by atoms with van der Waals surface area (Å²) in [4.78, 5) is 4.26. The second-order valence-corrected chi connectivity index (χ2v) is 4.69. The summed E-state index contributed by atoms with van der Waals surface area (Å²) < 4.78 is 28.3. The fraction of sp³-hybridized carbons (Fsp3) is 0.133. The minimum atomic E-state index is -0.620. The molecule has 0 spiro atoms. The van der Waals surface area contributed by atoms with Gasteiger partial charge in [0.2, 0.25) is 0 Å². The summed E-state index contributed by atoms with van der Waals surface area (Å²) in [6.07, 6.45) is 1.68. The van der Waals surface area contributed by atoms with Crippen LogP contribution in [0.25, 0.3) is 11.0 Å². The average molecular weight is 273 g/mol. The highest BCUT2D eigenvalue weighted by molar-refractivity contribution is 5.74. The molecule has 2 aromatic carbocycles. The summed E-state index contributed by atoms with van der Waals surface area (Å²) in [5.41, 5.74) is 8.27. The molecule has 0 bridgehead atoms. The SMILES string of the molecule is NC(Cn1cnc2ccccc21)c1cc(F)cc(F)c1. The van der Waals surface area contributed by atoms with Gasteiger partial charge in [-0.2, -0.15) is 0 Å². The van der Waals surface area contributed by atoms with Crippen molar-refractivity contribution in [3.8, 4) is 0 Å². The number of nitrogens with zero attached hydrogens (tertiary/aromatic N) is 2. The second-order valence-electron chi connectivity index (χ2n) is 4.69. The normalized spacial score (nSPS) is 12.8. The van der Waals surface area contributed by atoms with Crippen molar-refractivity contribution in [2.24, 2.45) is 5.73 Å². The number of para-hydroxylation sites is 2. The molecule has 0 radical (unpaired) electrons. The number of hydrogen-bond donors (Lipinski definition) is 1. The van der Waals surface area contributed by atoms with Gasteiger partial charge >= 0.3 is 0 Å². The molecule has 0 amide bonds. The molecule has 0 aliphatic carbocycles. The lowest BCUT2D eigenvalue weighted by molar-refractivity contribution is 0.553. The van der Waals surface area contributed by atoms with Gasteiger partial charge in [0.15, 0.2) is 0 Å². The van der Waals surface area contributed by atoms with E-state index in [-0.39, 0.29) is 0 Å². The fourth-order valence-corrected chi connectivity index (χ4v) is 2.26. The number of hydrogen-bond acceptors (Lipinski definition) is 2. The third-order valence-electron chi connectivity index (χ3n) is 3.23. The molecule has 1 atom stereocenters. The maximum Gasteiger partial charge on any atom is 0.126 e. The van der Waals surface area contributed by atoms with E-state index in [0.717, 1.165) is 17.1 Å². The molecule has 1 unspecified atom stereocenters. The zero-order valence-corrected chi connectivity index (χ0v) is 10.6. The van der Waals surface area contributed by atoms with Gasteiger partial charge in [-0.05, 0) is 29.8 Å². The van der Waals surface area contributed by atoms with Gasteiger partial charge in [-0.3, -0.25) is 0 Å². The maximum atomic E-state index is 13.2. The third kappa shape index (κ3) is 2.40. The van der Waals surface area contributed by atoms with Crippen LogP contribution in [0, 0.1) is 11.6 Å². The first kappa shape index (κ1) is 12.7. The molecule has 2 N–H and O–H groups in total. The van der Waals surface area contributed by atoms with Crippen molar-refractivity contribution in [2.45, 2.75) is 12.6 Å². The van der Waals surface area contributed by atoms with Crippen molar-refractivity contribution < 1.29 is 8.78 Å². The van der Waals surface area contributed by atoms with Gasteiger partial charge in [0.05, 0.1) is 17.4 Å². The van der Waals surface area contributed by atoms with E-state index in [1.807, 2.05) is 28.8 Å². The Morgan fingerprint density at radius 3 is 2.55 bits per heavy atom. The Labute approximate surface area is 114 Å². The van der Waals surface area contributed by atoms with E-state index in [9.17, 15) is 8.78 Å². The van der Waals surface area contributed by atoms with Gasteiger partial charge in [-0.1, -0.05) is 12.1 Å². The largest absolute Gasteiger partial charge is 0.329 e. The monoisotopic (exact) mass is 273 g/mol. The summed E-state index contributed by atoms with van der Waals surface area (Å²) in [5.74, 6) is -1.24. The number of benzene rings is 2. The van der Waals surface area contributed by atoms with Crippen LogP contribution in [0.5, 0.6) is 0 Å². The Bertz CT molecular complexity index is 731. The van der Waals surface area contributed by atoms with Crippen LogP contribution in [-0.2, 0) is 6.54 Å². The van der Waals surface area contributed by atoms with E-state index in [1.165, 1.54) is 12.1 Å². The van der Waals surface area contributed by atoms with Gasteiger partial charge in [0.25, 0.3) is 0 Å². The number of halogens is 2. The molecule has 3 nitrogen and oxygen atoms in total. The van der Waals surface area contributed by atoms with E-state index < -0.39 is 17.7 Å². The molecule has 3 aromatic rings. The number of rotatable bonds is 3. The minimum Gasteiger partial charge on any atom is -0.329 e. The molecule has 0 saturated heterocycles. The van der Waals surface area contributed by atoms with Crippen LogP contribution in [-0.4, -0.2) is 9.55 Å². The summed E-state index contributed by atoms with van der Waals surface area (Å²) in [7, 11) is 0. The van der Waals surface area contributed by atoms with Gasteiger partial charge in [-0.15, -0.1) is 0 Å². The Hall–Kier alpha value is -2.27. The molecule has 5 heteroatoms. The van der Waals surface area contributed by atoms with Gasteiger partial charge < -0.3 is 10.3 Å². The van der Waals surface area contributed by atoms with Gasteiger partial charge in [0.1, 0.15) is 11.6 Å². The molecule has 0 aliphatic rings. The highest BCUT2D eigenvalue weighted by Crippen LogP contribution is 2.19. The third-order valence-corrected chi connectivity index (χ3v) is 3.23. The van der Waals surface area contributed by atoms with Crippen LogP contribution in [0.3, 0.4) is 0 Å². The van der Waals surface area contributed by atoms with Crippen molar-refractivity contribution in [1.82, 2.24) is 9.55 Å². The second kappa shape index (κ2) is 5.02. The van der Waals surface area contributed by atoms with Crippen molar-refractivity contribution in [3.05, 3.63) is 66.0 Å². The van der Waals surface area contributed by atoms with Crippen LogP contribution in [0.2, 0.25) is 0 Å². The van der Waals surface area contributed by atoms with Crippen molar-refractivity contribution >= 4 is 11.0 Å². The summed E-state index contributed by atoms with van der Waals surface area (Å²) >= 11 is 0. The van der Waals surface area contributed by atoms with Crippen LogP contribution in [0.1, 0.15) is 11.6 Å². The Balaban J connectivity index is 1.90. The lowest BCUT2D eigenvalue weighted by Gasteiger charge is -2.14. The molecular weight excluding hydrogens is 260 g/mol. The van der Waals surface area contributed by atoms with E-state index in [4.69, 9.17) is 5.73 Å². The predicted octanol–water partition coefficient (Wildman–Crippen LogP) is 3.01. The summed E-state index contributed by atoms with van der Waals surface area (Å²) in [6, 6.07) is 10.5. The summed E-state index contributed by atoms with van der Waals surface area (Å²) in [5, 5.41) is 0. The molecule has 3 rings (SSSR count).